The summed E-state index contributed by atoms with van der Waals surface area (Å²) in [5.41, 5.74) is 2.22. The van der Waals surface area contributed by atoms with E-state index in [0.717, 1.165) is 11.1 Å². The largest absolute Gasteiger partial charge is 0.772 e. The molecule has 1 aromatic carbocycles. The fourth-order valence-corrected chi connectivity index (χ4v) is 2.05. The van der Waals surface area contributed by atoms with Crippen molar-refractivity contribution in [3.63, 3.8) is 0 Å². The van der Waals surface area contributed by atoms with E-state index in [1.165, 1.54) is 0 Å². The van der Waals surface area contributed by atoms with Crippen molar-refractivity contribution in [3.05, 3.63) is 54.1 Å². The molecule has 15 heavy (non-hydrogen) atoms. The van der Waals surface area contributed by atoms with Gasteiger partial charge in [0.1, 0.15) is 0 Å². The van der Waals surface area contributed by atoms with Crippen molar-refractivity contribution in [3.8, 4) is 0 Å². The van der Waals surface area contributed by atoms with Crippen LogP contribution in [0.4, 0.5) is 0 Å². The van der Waals surface area contributed by atoms with Crippen LogP contribution >= 0.6 is 0 Å². The summed E-state index contributed by atoms with van der Waals surface area (Å²) in [6.07, 6.45) is 6.15. The Kier molecular flexibility index (Phi) is 3.14. The van der Waals surface area contributed by atoms with E-state index in [9.17, 15) is 8.76 Å². The molecule has 0 amide bonds. The van der Waals surface area contributed by atoms with E-state index in [4.69, 9.17) is 0 Å². The van der Waals surface area contributed by atoms with E-state index in [-0.39, 0.29) is 5.25 Å². The monoisotopic (exact) mass is 219 g/mol. The first kappa shape index (κ1) is 10.3. The molecular formula is C12H11O2S-. The van der Waals surface area contributed by atoms with E-state index in [1.54, 1.807) is 6.08 Å². The van der Waals surface area contributed by atoms with Crippen molar-refractivity contribution in [2.75, 3.05) is 0 Å². The molecular weight excluding hydrogens is 208 g/mol. The molecule has 0 spiro atoms. The van der Waals surface area contributed by atoms with E-state index in [1.807, 2.05) is 42.5 Å². The molecule has 2 nitrogen and oxygen atoms in total. The zero-order chi connectivity index (χ0) is 10.7. The molecule has 0 fully saturated rings. The van der Waals surface area contributed by atoms with Crippen molar-refractivity contribution in [2.24, 2.45) is 0 Å². The molecule has 2 rings (SSSR count). The molecule has 0 aromatic heterocycles. The van der Waals surface area contributed by atoms with Gasteiger partial charge in [-0.1, -0.05) is 48.6 Å². The first-order chi connectivity index (χ1) is 7.27. The fourth-order valence-electron chi connectivity index (χ4n) is 1.59. The summed E-state index contributed by atoms with van der Waals surface area (Å²) in [5, 5.41) is -0.363. The SMILES string of the molecule is O=S([O-])C1C=CC(c2ccccc2)=CC1. The molecule has 1 aromatic rings. The predicted molar refractivity (Wildman–Crippen MR) is 60.9 cm³/mol. The Balaban J connectivity index is 2.17. The topological polar surface area (TPSA) is 40.1 Å². The third-order valence-electron chi connectivity index (χ3n) is 2.41. The van der Waals surface area contributed by atoms with Crippen LogP contribution in [0.2, 0.25) is 0 Å². The van der Waals surface area contributed by atoms with Crippen LogP contribution in [0.25, 0.3) is 5.57 Å². The lowest BCUT2D eigenvalue weighted by Gasteiger charge is -2.18. The van der Waals surface area contributed by atoms with Gasteiger partial charge in [0, 0.05) is 5.25 Å². The van der Waals surface area contributed by atoms with Crippen molar-refractivity contribution >= 4 is 16.7 Å². The Morgan fingerprint density at radius 3 is 2.53 bits per heavy atom. The fraction of sp³-hybridized carbons (Fsp3) is 0.167. The average Bonchev–Trinajstić information content (AvgIpc) is 2.30. The third kappa shape index (κ3) is 2.43. The quantitative estimate of drug-likeness (QED) is 0.716. The minimum atomic E-state index is -2.00. The number of allylic oxidation sites excluding steroid dienone is 3. The second-order valence-corrected chi connectivity index (χ2v) is 4.55. The van der Waals surface area contributed by atoms with Crippen LogP contribution in [0.5, 0.6) is 0 Å². The van der Waals surface area contributed by atoms with E-state index < -0.39 is 11.1 Å². The molecule has 0 bridgehead atoms. The van der Waals surface area contributed by atoms with Gasteiger partial charge in [0.25, 0.3) is 0 Å². The van der Waals surface area contributed by atoms with Crippen LogP contribution in [-0.4, -0.2) is 14.0 Å². The second kappa shape index (κ2) is 4.55. The zero-order valence-electron chi connectivity index (χ0n) is 8.13. The molecule has 0 heterocycles. The Bertz CT molecular complexity index is 421. The predicted octanol–water partition coefficient (Wildman–Crippen LogP) is 2.28. The molecule has 0 saturated heterocycles. The number of hydrogen-bond donors (Lipinski definition) is 0. The van der Waals surface area contributed by atoms with Gasteiger partial charge >= 0.3 is 0 Å². The Labute approximate surface area is 91.6 Å². The van der Waals surface area contributed by atoms with Crippen molar-refractivity contribution in [2.45, 2.75) is 11.7 Å². The smallest absolute Gasteiger partial charge is 0.0433 e. The van der Waals surface area contributed by atoms with Gasteiger partial charge in [0.05, 0.1) is 0 Å². The Morgan fingerprint density at radius 1 is 1.27 bits per heavy atom. The minimum absolute atomic E-state index is 0.363. The molecule has 2 unspecified atom stereocenters. The third-order valence-corrected chi connectivity index (χ3v) is 3.26. The molecule has 3 heteroatoms. The highest BCUT2D eigenvalue weighted by molar-refractivity contribution is 7.80. The second-order valence-electron chi connectivity index (χ2n) is 3.42. The lowest BCUT2D eigenvalue weighted by atomic mass is 10.00. The first-order valence-electron chi connectivity index (χ1n) is 4.79. The molecule has 1 aliphatic rings. The zero-order valence-corrected chi connectivity index (χ0v) is 8.94. The van der Waals surface area contributed by atoms with Crippen LogP contribution in [0, 0.1) is 0 Å². The van der Waals surface area contributed by atoms with E-state index >= 15 is 0 Å². The molecule has 0 N–H and O–H groups in total. The van der Waals surface area contributed by atoms with E-state index in [0.29, 0.717) is 6.42 Å². The maximum atomic E-state index is 10.7. The van der Waals surface area contributed by atoms with Crippen molar-refractivity contribution in [1.29, 1.82) is 0 Å². The Morgan fingerprint density at radius 2 is 2.00 bits per heavy atom. The molecule has 0 radical (unpaired) electrons. The maximum Gasteiger partial charge on any atom is 0.0433 e. The summed E-state index contributed by atoms with van der Waals surface area (Å²) in [6.45, 7) is 0. The summed E-state index contributed by atoms with van der Waals surface area (Å²) < 4.78 is 21.4. The molecule has 1 aliphatic carbocycles. The van der Waals surface area contributed by atoms with Gasteiger partial charge in [-0.05, 0) is 28.6 Å². The Hall–Kier alpha value is -1.19. The van der Waals surface area contributed by atoms with Gasteiger partial charge in [0.2, 0.25) is 0 Å². The van der Waals surface area contributed by atoms with Crippen LogP contribution in [0.15, 0.2) is 48.6 Å². The van der Waals surface area contributed by atoms with Crippen LogP contribution in [-0.2, 0) is 11.1 Å². The van der Waals surface area contributed by atoms with Gasteiger partial charge in [-0.15, -0.1) is 0 Å². The summed E-state index contributed by atoms with van der Waals surface area (Å²) in [5.74, 6) is 0. The summed E-state index contributed by atoms with van der Waals surface area (Å²) in [6, 6.07) is 9.95. The highest BCUT2D eigenvalue weighted by atomic mass is 32.2. The summed E-state index contributed by atoms with van der Waals surface area (Å²) in [4.78, 5) is 0. The molecule has 0 aliphatic heterocycles. The van der Waals surface area contributed by atoms with Gasteiger partial charge in [0.15, 0.2) is 0 Å². The van der Waals surface area contributed by atoms with E-state index in [2.05, 4.69) is 0 Å². The van der Waals surface area contributed by atoms with Crippen LogP contribution in [0.1, 0.15) is 12.0 Å². The lowest BCUT2D eigenvalue weighted by molar-refractivity contribution is 0.529. The van der Waals surface area contributed by atoms with Crippen molar-refractivity contribution < 1.29 is 8.76 Å². The number of rotatable bonds is 2. The standard InChI is InChI=1S/C12H12O2S/c13-15(14)12-8-6-11(7-9-12)10-4-2-1-3-5-10/h1-8,12H,9H2,(H,13,14)/p-1. The maximum absolute atomic E-state index is 10.7. The number of hydrogen-bond acceptors (Lipinski definition) is 2. The molecule has 2 atom stereocenters. The normalized spacial score (nSPS) is 22.2. The molecule has 0 saturated carbocycles. The van der Waals surface area contributed by atoms with Gasteiger partial charge in [-0.3, -0.25) is 4.21 Å². The van der Waals surface area contributed by atoms with Crippen LogP contribution in [0.3, 0.4) is 0 Å². The highest BCUT2D eigenvalue weighted by Gasteiger charge is 2.09. The van der Waals surface area contributed by atoms with Crippen molar-refractivity contribution in [1.82, 2.24) is 0 Å². The molecule has 78 valence electrons. The minimum Gasteiger partial charge on any atom is -0.772 e. The average molecular weight is 219 g/mol. The first-order valence-corrected chi connectivity index (χ1v) is 5.93. The van der Waals surface area contributed by atoms with Gasteiger partial charge in [-0.2, -0.15) is 0 Å². The van der Waals surface area contributed by atoms with Crippen LogP contribution < -0.4 is 0 Å². The van der Waals surface area contributed by atoms with Gasteiger partial charge in [-0.25, -0.2) is 0 Å². The lowest BCUT2D eigenvalue weighted by Crippen LogP contribution is -2.12. The van der Waals surface area contributed by atoms with Gasteiger partial charge < -0.3 is 4.55 Å². The summed E-state index contributed by atoms with van der Waals surface area (Å²) in [7, 11) is 0. The summed E-state index contributed by atoms with van der Waals surface area (Å²) >= 11 is -2.00. The number of benzene rings is 1. The highest BCUT2D eigenvalue weighted by Crippen LogP contribution is 2.22.